The number of anilines is 2. The van der Waals surface area contributed by atoms with Gasteiger partial charge in [0.25, 0.3) is 5.91 Å². The molecule has 23 heavy (non-hydrogen) atoms. The van der Waals surface area contributed by atoms with Crippen LogP contribution in [-0.4, -0.2) is 25.7 Å². The lowest BCUT2D eigenvalue weighted by molar-refractivity contribution is 0.0996. The second-order valence-electron chi connectivity index (χ2n) is 5.04. The van der Waals surface area contributed by atoms with Gasteiger partial charge in [0.2, 0.25) is 0 Å². The summed E-state index contributed by atoms with van der Waals surface area (Å²) in [5.41, 5.74) is 7.68. The molecule has 0 fully saturated rings. The molecule has 1 amide bonds. The number of fused-ring (bicyclic) bond motifs is 1. The number of halogens is 1. The highest BCUT2D eigenvalue weighted by Crippen LogP contribution is 2.24. The number of nitrogens with one attached hydrogen (secondary N) is 1. The Morgan fingerprint density at radius 2 is 2.17 bits per heavy atom. The summed E-state index contributed by atoms with van der Waals surface area (Å²) in [7, 11) is 1.85. The van der Waals surface area contributed by atoms with Crippen molar-refractivity contribution in [2.75, 3.05) is 5.32 Å². The Morgan fingerprint density at radius 1 is 1.39 bits per heavy atom. The van der Waals surface area contributed by atoms with Gasteiger partial charge in [-0.25, -0.2) is 9.97 Å². The second kappa shape index (κ2) is 5.85. The zero-order valence-corrected chi connectivity index (χ0v) is 13.4. The van der Waals surface area contributed by atoms with Crippen LogP contribution in [0.15, 0.2) is 24.4 Å². The summed E-state index contributed by atoms with van der Waals surface area (Å²) in [5.74, 6) is -0.422. The monoisotopic (exact) mass is 330 g/mol. The molecule has 0 aliphatic carbocycles. The van der Waals surface area contributed by atoms with Gasteiger partial charge in [-0.15, -0.1) is 0 Å². The third kappa shape index (κ3) is 2.83. The molecule has 0 aliphatic rings. The zero-order valence-electron chi connectivity index (χ0n) is 12.7. The lowest BCUT2D eigenvalue weighted by Gasteiger charge is -2.11. The molecular weight excluding hydrogens is 316 g/mol. The van der Waals surface area contributed by atoms with E-state index in [-0.39, 0.29) is 16.7 Å². The molecule has 8 heteroatoms. The summed E-state index contributed by atoms with van der Waals surface area (Å²) in [6.07, 6.45) is 2.34. The maximum Gasteiger partial charge on any atom is 0.271 e. The van der Waals surface area contributed by atoms with Crippen LogP contribution in [0.1, 0.15) is 23.1 Å². The Hall–Kier alpha value is -2.67. The maximum atomic E-state index is 11.6. The summed E-state index contributed by atoms with van der Waals surface area (Å²) in [4.78, 5) is 20.1. The summed E-state index contributed by atoms with van der Waals surface area (Å²) in [6.45, 7) is 1.88. The third-order valence-electron chi connectivity index (χ3n) is 3.50. The molecule has 0 bridgehead atoms. The summed E-state index contributed by atoms with van der Waals surface area (Å²) in [5, 5.41) is 8.51. The van der Waals surface area contributed by atoms with E-state index in [0.29, 0.717) is 12.1 Å². The van der Waals surface area contributed by atoms with Crippen molar-refractivity contribution in [1.29, 1.82) is 0 Å². The molecule has 3 aromatic rings. The van der Waals surface area contributed by atoms with Crippen molar-refractivity contribution in [1.82, 2.24) is 19.7 Å². The molecular formula is C15H15ClN6O. The number of aryl methyl sites for hydroxylation is 2. The standard InChI is InChI=1S/C15H15ClN6O/c1-3-10-13(16)21-15(12(20-10)14(17)23)19-9-5-4-8-7-18-22(2)11(8)6-9/h4-7H,3H2,1-2H3,(H2,17,23)(H,19,21). The fourth-order valence-electron chi connectivity index (χ4n) is 2.29. The molecule has 3 N–H and O–H groups in total. The Balaban J connectivity index is 2.05. The molecule has 2 heterocycles. The number of carbonyl (C=O) groups excluding carboxylic acids is 1. The van der Waals surface area contributed by atoms with Crippen LogP contribution in [0.5, 0.6) is 0 Å². The van der Waals surface area contributed by atoms with Crippen molar-refractivity contribution in [3.8, 4) is 0 Å². The Kier molecular flexibility index (Phi) is 3.87. The molecule has 0 saturated carbocycles. The van der Waals surface area contributed by atoms with E-state index in [2.05, 4.69) is 20.4 Å². The topological polar surface area (TPSA) is 98.7 Å². The summed E-state index contributed by atoms with van der Waals surface area (Å²) >= 11 is 6.10. The third-order valence-corrected chi connectivity index (χ3v) is 3.80. The SMILES string of the molecule is CCc1nc(C(N)=O)c(Nc2ccc3cnn(C)c3c2)nc1Cl. The molecule has 118 valence electrons. The number of nitrogens with two attached hydrogens (primary N) is 1. The van der Waals surface area contributed by atoms with Gasteiger partial charge in [-0.1, -0.05) is 18.5 Å². The Labute approximate surface area is 137 Å². The first kappa shape index (κ1) is 15.2. The van der Waals surface area contributed by atoms with Gasteiger partial charge < -0.3 is 11.1 Å². The number of rotatable bonds is 4. The van der Waals surface area contributed by atoms with Crippen LogP contribution in [-0.2, 0) is 13.5 Å². The molecule has 0 unspecified atom stereocenters. The number of carbonyl (C=O) groups is 1. The minimum absolute atomic E-state index is 0.0661. The van der Waals surface area contributed by atoms with Gasteiger partial charge >= 0.3 is 0 Å². The van der Waals surface area contributed by atoms with Crippen LogP contribution >= 0.6 is 11.6 Å². The normalized spacial score (nSPS) is 10.9. The molecule has 2 aromatic heterocycles. The van der Waals surface area contributed by atoms with Gasteiger partial charge in [0.05, 0.1) is 17.4 Å². The van der Waals surface area contributed by atoms with Gasteiger partial charge in [0.1, 0.15) is 0 Å². The van der Waals surface area contributed by atoms with Crippen LogP contribution in [0.25, 0.3) is 10.9 Å². The van der Waals surface area contributed by atoms with Crippen LogP contribution in [0, 0.1) is 0 Å². The van der Waals surface area contributed by atoms with E-state index in [4.69, 9.17) is 17.3 Å². The number of primary amides is 1. The Morgan fingerprint density at radius 3 is 2.87 bits per heavy atom. The fraction of sp³-hybridized carbons (Fsp3) is 0.200. The first-order chi connectivity index (χ1) is 11.0. The molecule has 0 saturated heterocycles. The number of amides is 1. The van der Waals surface area contributed by atoms with Gasteiger partial charge in [0, 0.05) is 18.1 Å². The molecule has 7 nitrogen and oxygen atoms in total. The van der Waals surface area contributed by atoms with Crippen molar-refractivity contribution in [2.24, 2.45) is 12.8 Å². The van der Waals surface area contributed by atoms with E-state index in [1.54, 1.807) is 10.9 Å². The van der Waals surface area contributed by atoms with Crippen molar-refractivity contribution < 1.29 is 4.79 Å². The first-order valence-corrected chi connectivity index (χ1v) is 7.42. The fourth-order valence-corrected chi connectivity index (χ4v) is 2.55. The minimum atomic E-state index is -0.659. The van der Waals surface area contributed by atoms with Gasteiger partial charge in [-0.2, -0.15) is 5.10 Å². The maximum absolute atomic E-state index is 11.6. The zero-order chi connectivity index (χ0) is 16.6. The summed E-state index contributed by atoms with van der Waals surface area (Å²) < 4.78 is 1.76. The van der Waals surface area contributed by atoms with E-state index < -0.39 is 5.91 Å². The number of hydrogen-bond donors (Lipinski definition) is 2. The van der Waals surface area contributed by atoms with Crippen molar-refractivity contribution in [3.05, 3.63) is 40.9 Å². The highest BCUT2D eigenvalue weighted by atomic mass is 35.5. The van der Waals surface area contributed by atoms with Crippen LogP contribution in [0.4, 0.5) is 11.5 Å². The van der Waals surface area contributed by atoms with E-state index in [1.165, 1.54) is 0 Å². The van der Waals surface area contributed by atoms with E-state index in [0.717, 1.165) is 16.6 Å². The predicted molar refractivity (Wildman–Crippen MR) is 88.9 cm³/mol. The predicted octanol–water partition coefficient (Wildman–Crippen LogP) is 2.42. The highest BCUT2D eigenvalue weighted by molar-refractivity contribution is 6.30. The lowest BCUT2D eigenvalue weighted by atomic mass is 10.2. The van der Waals surface area contributed by atoms with Crippen molar-refractivity contribution in [2.45, 2.75) is 13.3 Å². The number of aromatic nitrogens is 4. The smallest absolute Gasteiger partial charge is 0.271 e. The lowest BCUT2D eigenvalue weighted by Crippen LogP contribution is -2.18. The number of nitrogens with zero attached hydrogens (tertiary/aromatic N) is 4. The van der Waals surface area contributed by atoms with Crippen molar-refractivity contribution >= 4 is 39.9 Å². The number of hydrogen-bond acceptors (Lipinski definition) is 5. The quantitative estimate of drug-likeness (QED) is 0.765. The number of benzene rings is 1. The van der Waals surface area contributed by atoms with Crippen molar-refractivity contribution in [3.63, 3.8) is 0 Å². The Bertz CT molecular complexity index is 904. The van der Waals surface area contributed by atoms with E-state index in [9.17, 15) is 4.79 Å². The largest absolute Gasteiger partial charge is 0.364 e. The van der Waals surface area contributed by atoms with Crippen LogP contribution < -0.4 is 11.1 Å². The first-order valence-electron chi connectivity index (χ1n) is 7.04. The minimum Gasteiger partial charge on any atom is -0.364 e. The molecule has 0 aliphatic heterocycles. The molecule has 3 rings (SSSR count). The molecule has 0 spiro atoms. The van der Waals surface area contributed by atoms with Crippen LogP contribution in [0.2, 0.25) is 5.15 Å². The molecule has 1 aromatic carbocycles. The van der Waals surface area contributed by atoms with Gasteiger partial charge in [0.15, 0.2) is 16.7 Å². The average Bonchev–Trinajstić information content (AvgIpc) is 2.88. The molecule has 0 radical (unpaired) electrons. The van der Waals surface area contributed by atoms with E-state index >= 15 is 0 Å². The average molecular weight is 331 g/mol. The van der Waals surface area contributed by atoms with Crippen LogP contribution in [0.3, 0.4) is 0 Å². The van der Waals surface area contributed by atoms with Gasteiger partial charge in [-0.3, -0.25) is 9.48 Å². The van der Waals surface area contributed by atoms with E-state index in [1.807, 2.05) is 32.2 Å². The molecule has 0 atom stereocenters. The second-order valence-corrected chi connectivity index (χ2v) is 5.40. The highest BCUT2D eigenvalue weighted by Gasteiger charge is 2.16. The van der Waals surface area contributed by atoms with Gasteiger partial charge in [-0.05, 0) is 24.6 Å². The summed E-state index contributed by atoms with van der Waals surface area (Å²) in [6, 6.07) is 5.68.